The zero-order valence-corrected chi connectivity index (χ0v) is 30.0. The minimum absolute atomic E-state index is 0.0666. The van der Waals surface area contributed by atoms with Crippen LogP contribution >= 0.6 is 0 Å². The molecule has 0 saturated carbocycles. The highest BCUT2D eigenvalue weighted by molar-refractivity contribution is 6.06. The third-order valence-electron chi connectivity index (χ3n) is 11.3. The van der Waals surface area contributed by atoms with Crippen LogP contribution < -0.4 is 4.90 Å². The van der Waals surface area contributed by atoms with Gasteiger partial charge in [0.15, 0.2) is 0 Å². The van der Waals surface area contributed by atoms with Crippen molar-refractivity contribution in [2.45, 2.75) is 32.1 Å². The summed E-state index contributed by atoms with van der Waals surface area (Å²) in [6, 6.07) is 59.2. The lowest BCUT2D eigenvalue weighted by Gasteiger charge is -2.30. The fraction of sp³-hybridized carbons (Fsp3) is 0.100. The molecule has 0 N–H and O–H groups in total. The van der Waals surface area contributed by atoms with E-state index in [-0.39, 0.29) is 5.41 Å². The molecule has 0 amide bonds. The van der Waals surface area contributed by atoms with Crippen molar-refractivity contribution in [2.24, 2.45) is 0 Å². The van der Waals surface area contributed by atoms with Gasteiger partial charge >= 0.3 is 0 Å². The van der Waals surface area contributed by atoms with Gasteiger partial charge in [0.1, 0.15) is 5.82 Å². The number of para-hydroxylation sites is 3. The van der Waals surface area contributed by atoms with E-state index in [4.69, 9.17) is 4.98 Å². The van der Waals surface area contributed by atoms with E-state index in [1.807, 2.05) is 0 Å². The van der Waals surface area contributed by atoms with Crippen LogP contribution in [0.15, 0.2) is 182 Å². The molecule has 53 heavy (non-hydrogen) atoms. The van der Waals surface area contributed by atoms with Crippen LogP contribution in [0.3, 0.4) is 0 Å². The van der Waals surface area contributed by atoms with E-state index >= 15 is 0 Å². The van der Waals surface area contributed by atoms with Gasteiger partial charge in [-0.2, -0.15) is 0 Å². The fourth-order valence-corrected chi connectivity index (χ4v) is 8.71. The summed E-state index contributed by atoms with van der Waals surface area (Å²) in [5.41, 5.74) is 15.8. The molecule has 0 saturated heterocycles. The van der Waals surface area contributed by atoms with E-state index in [9.17, 15) is 0 Å². The molecular weight excluding hydrogens is 643 g/mol. The fourth-order valence-electron chi connectivity index (χ4n) is 8.71. The van der Waals surface area contributed by atoms with Crippen molar-refractivity contribution in [3.05, 3.63) is 193 Å². The van der Waals surface area contributed by atoms with Crippen LogP contribution in [0, 0.1) is 0 Å². The lowest BCUT2D eigenvalue weighted by atomic mass is 9.80. The molecule has 0 unspecified atom stereocenters. The Morgan fingerprint density at radius 3 is 2.08 bits per heavy atom. The lowest BCUT2D eigenvalue weighted by Crippen LogP contribution is -2.18. The molecule has 2 aliphatic rings. The molecule has 0 fully saturated rings. The monoisotopic (exact) mass is 681 g/mol. The quantitative estimate of drug-likeness (QED) is 0.174. The van der Waals surface area contributed by atoms with Crippen LogP contribution in [0.4, 0.5) is 17.1 Å². The number of hydrogen-bond donors (Lipinski definition) is 0. The number of allylic oxidation sites excluding steroid dienone is 4. The molecule has 2 aliphatic carbocycles. The van der Waals surface area contributed by atoms with Gasteiger partial charge in [-0.1, -0.05) is 129 Å². The van der Waals surface area contributed by atoms with Crippen LogP contribution in [-0.4, -0.2) is 9.55 Å². The molecule has 3 nitrogen and oxygen atoms in total. The van der Waals surface area contributed by atoms with E-state index in [1.54, 1.807) is 0 Å². The number of aromatic nitrogens is 2. The van der Waals surface area contributed by atoms with Crippen molar-refractivity contribution in [3.63, 3.8) is 0 Å². The largest absolute Gasteiger partial charge is 0.310 e. The Morgan fingerprint density at radius 2 is 1.26 bits per heavy atom. The van der Waals surface area contributed by atoms with Gasteiger partial charge in [-0.15, -0.1) is 0 Å². The smallest absolute Gasteiger partial charge is 0.146 e. The van der Waals surface area contributed by atoms with Crippen molar-refractivity contribution in [2.75, 3.05) is 4.90 Å². The number of imidazole rings is 1. The van der Waals surface area contributed by atoms with Crippen molar-refractivity contribution in [1.82, 2.24) is 9.55 Å². The van der Waals surface area contributed by atoms with Gasteiger partial charge in [0, 0.05) is 33.4 Å². The SMILES string of the molecule is CC1(C)C2=C(CCC=C2)c2ccc(N(c3ccc(-c4ccccc4)cc3)c3ccc(-c4nc5ccccc5n4-c4ccccc4)c4ccccc34)cc21. The van der Waals surface area contributed by atoms with Gasteiger partial charge in [-0.3, -0.25) is 4.57 Å². The Morgan fingerprint density at radius 1 is 0.604 bits per heavy atom. The first-order chi connectivity index (χ1) is 26.1. The van der Waals surface area contributed by atoms with Gasteiger partial charge < -0.3 is 4.90 Å². The second kappa shape index (κ2) is 12.4. The van der Waals surface area contributed by atoms with Gasteiger partial charge in [0.05, 0.1) is 16.7 Å². The van der Waals surface area contributed by atoms with E-state index in [2.05, 4.69) is 199 Å². The molecule has 0 radical (unpaired) electrons. The summed E-state index contributed by atoms with van der Waals surface area (Å²) in [7, 11) is 0. The molecule has 0 atom stereocenters. The summed E-state index contributed by atoms with van der Waals surface area (Å²) >= 11 is 0. The maximum atomic E-state index is 5.27. The minimum Gasteiger partial charge on any atom is -0.310 e. The predicted molar refractivity (Wildman–Crippen MR) is 222 cm³/mol. The summed E-state index contributed by atoms with van der Waals surface area (Å²) in [5.74, 6) is 0.933. The molecule has 10 rings (SSSR count). The predicted octanol–water partition coefficient (Wildman–Crippen LogP) is 13.4. The average molecular weight is 682 g/mol. The lowest BCUT2D eigenvalue weighted by molar-refractivity contribution is 0.651. The first kappa shape index (κ1) is 31.3. The summed E-state index contributed by atoms with van der Waals surface area (Å²) in [6.07, 6.45) is 6.92. The molecular formula is C50H39N3. The molecule has 0 aliphatic heterocycles. The van der Waals surface area contributed by atoms with Gasteiger partial charge in [-0.25, -0.2) is 4.98 Å². The molecule has 0 bridgehead atoms. The maximum Gasteiger partial charge on any atom is 0.146 e. The van der Waals surface area contributed by atoms with Crippen molar-refractivity contribution in [3.8, 4) is 28.2 Å². The van der Waals surface area contributed by atoms with Gasteiger partial charge in [0.2, 0.25) is 0 Å². The first-order valence-electron chi connectivity index (χ1n) is 18.6. The van der Waals surface area contributed by atoms with E-state index in [0.29, 0.717) is 0 Å². The number of rotatable bonds is 6. The third-order valence-corrected chi connectivity index (χ3v) is 11.3. The van der Waals surface area contributed by atoms with Crippen molar-refractivity contribution < 1.29 is 0 Å². The van der Waals surface area contributed by atoms with Crippen LogP contribution in [0.1, 0.15) is 37.8 Å². The first-order valence-corrected chi connectivity index (χ1v) is 18.6. The summed E-state index contributed by atoms with van der Waals surface area (Å²) in [6.45, 7) is 4.77. The van der Waals surface area contributed by atoms with Gasteiger partial charge in [0.25, 0.3) is 0 Å². The van der Waals surface area contributed by atoms with E-state index in [1.165, 1.54) is 38.8 Å². The highest BCUT2D eigenvalue weighted by atomic mass is 15.1. The molecule has 1 aromatic heterocycles. The zero-order valence-electron chi connectivity index (χ0n) is 30.0. The van der Waals surface area contributed by atoms with Crippen molar-refractivity contribution >= 4 is 44.4 Å². The standard InChI is InChI=1S/C50H39N3/c1-50(2)44-22-12-11-20-40(44)41-30-29-38(33-45(41)50)52(37-27-25-35(26-28-37)34-15-5-3-6-16-34)47-32-31-43(39-19-9-10-21-42(39)47)49-51-46-23-13-14-24-48(46)53(49)36-17-7-4-8-18-36/h3-10,12-19,21-33H,11,20H2,1-2H3. The normalized spacial score (nSPS) is 14.5. The van der Waals surface area contributed by atoms with Crippen molar-refractivity contribution in [1.29, 1.82) is 0 Å². The molecule has 3 heteroatoms. The Bertz CT molecular complexity index is 2730. The number of benzene rings is 7. The maximum absolute atomic E-state index is 5.27. The van der Waals surface area contributed by atoms with E-state index < -0.39 is 0 Å². The van der Waals surface area contributed by atoms with Crippen LogP contribution in [0.2, 0.25) is 0 Å². The topological polar surface area (TPSA) is 21.1 Å². The molecule has 0 spiro atoms. The average Bonchev–Trinajstić information content (AvgIpc) is 3.71. The minimum atomic E-state index is -0.0666. The molecule has 8 aromatic rings. The number of anilines is 3. The molecule has 254 valence electrons. The molecule has 1 heterocycles. The van der Waals surface area contributed by atoms with E-state index in [0.717, 1.165) is 63.4 Å². The Hall–Kier alpha value is -6.45. The Kier molecular flexibility index (Phi) is 7.29. The third kappa shape index (κ3) is 5.07. The molecule has 7 aromatic carbocycles. The van der Waals surface area contributed by atoms with Crippen LogP contribution in [-0.2, 0) is 5.41 Å². The summed E-state index contributed by atoms with van der Waals surface area (Å²) < 4.78 is 2.29. The number of fused-ring (bicyclic) bond motifs is 4. The zero-order chi connectivity index (χ0) is 35.5. The summed E-state index contributed by atoms with van der Waals surface area (Å²) in [4.78, 5) is 7.72. The summed E-state index contributed by atoms with van der Waals surface area (Å²) in [5, 5.41) is 2.33. The van der Waals surface area contributed by atoms with Crippen LogP contribution in [0.25, 0.3) is 55.6 Å². The highest BCUT2D eigenvalue weighted by Crippen LogP contribution is 2.52. The number of hydrogen-bond acceptors (Lipinski definition) is 2. The second-order valence-corrected chi connectivity index (χ2v) is 14.7. The van der Waals surface area contributed by atoms with Crippen LogP contribution in [0.5, 0.6) is 0 Å². The highest BCUT2D eigenvalue weighted by Gasteiger charge is 2.37. The Labute approximate surface area is 310 Å². The number of nitrogens with zero attached hydrogens (tertiary/aromatic N) is 3. The van der Waals surface area contributed by atoms with Gasteiger partial charge in [-0.05, 0) is 112 Å². The Balaban J connectivity index is 1.18. The second-order valence-electron chi connectivity index (χ2n) is 14.7.